The molecule has 0 saturated carbocycles. The molecule has 0 saturated heterocycles. The van der Waals surface area contributed by atoms with Gasteiger partial charge in [0.15, 0.2) is 0 Å². The van der Waals surface area contributed by atoms with E-state index < -0.39 is 110 Å². The fraction of sp³-hybridized carbons (Fsp3) is 0.531. The smallest absolute Gasteiger partial charge is 0.305 e. The Labute approximate surface area is 299 Å². The first-order valence-corrected chi connectivity index (χ1v) is 16.2. The molecule has 0 fully saturated rings. The summed E-state index contributed by atoms with van der Waals surface area (Å²) in [6, 6.07) is -0.701. The number of benzene rings is 1. The second-order valence-electron chi connectivity index (χ2n) is 12.3. The van der Waals surface area contributed by atoms with Crippen LogP contribution in [0.2, 0.25) is 0 Å². The Morgan fingerprint density at radius 1 is 0.712 bits per heavy atom. The normalized spacial score (nSPS) is 14.2. The summed E-state index contributed by atoms with van der Waals surface area (Å²) in [6.07, 6.45) is -1.93. The molecule has 52 heavy (non-hydrogen) atoms. The van der Waals surface area contributed by atoms with Crippen molar-refractivity contribution in [2.24, 2.45) is 11.7 Å². The average Bonchev–Trinajstić information content (AvgIpc) is 3.06. The summed E-state index contributed by atoms with van der Waals surface area (Å²) in [6.45, 7) is 4.28. The van der Waals surface area contributed by atoms with Crippen molar-refractivity contribution < 1.29 is 58.5 Å². The molecule has 12 N–H and O–H groups in total. The van der Waals surface area contributed by atoms with Gasteiger partial charge in [0.1, 0.15) is 30.2 Å². The summed E-state index contributed by atoms with van der Waals surface area (Å²) in [4.78, 5) is 110. The van der Waals surface area contributed by atoms with Crippen LogP contribution in [0.3, 0.4) is 0 Å². The number of aromatic hydroxyl groups is 1. The molecule has 20 heteroatoms. The van der Waals surface area contributed by atoms with Crippen LogP contribution in [0.25, 0.3) is 0 Å². The lowest BCUT2D eigenvalue weighted by molar-refractivity contribution is -0.139. The van der Waals surface area contributed by atoms with Crippen LogP contribution >= 0.6 is 0 Å². The molecule has 0 spiro atoms. The van der Waals surface area contributed by atoms with Crippen molar-refractivity contribution in [1.29, 1.82) is 0 Å². The number of rotatable bonds is 22. The first-order valence-electron chi connectivity index (χ1n) is 16.2. The number of nitrogens with one attached hydrogen (secondary N) is 7. The predicted molar refractivity (Wildman–Crippen MR) is 182 cm³/mol. The van der Waals surface area contributed by atoms with E-state index in [9.17, 15) is 53.4 Å². The van der Waals surface area contributed by atoms with Crippen LogP contribution in [0.1, 0.15) is 46.1 Å². The predicted octanol–water partition coefficient (Wildman–Crippen LogP) is -4.33. The maximum Gasteiger partial charge on any atom is 0.305 e. The second-order valence-corrected chi connectivity index (χ2v) is 12.3. The zero-order valence-electron chi connectivity index (χ0n) is 29.3. The fourth-order valence-corrected chi connectivity index (χ4v) is 4.41. The van der Waals surface area contributed by atoms with Gasteiger partial charge in [-0.05, 0) is 43.9 Å². The third kappa shape index (κ3) is 17.3. The van der Waals surface area contributed by atoms with E-state index >= 15 is 0 Å². The second kappa shape index (κ2) is 22.2. The number of phenols is 1. The Morgan fingerprint density at radius 2 is 1.21 bits per heavy atom. The van der Waals surface area contributed by atoms with Gasteiger partial charge in [-0.3, -0.25) is 38.4 Å². The molecule has 0 aliphatic rings. The largest absolute Gasteiger partial charge is 0.508 e. The topological polar surface area (TPSA) is 325 Å². The monoisotopic (exact) mass is 736 g/mol. The van der Waals surface area contributed by atoms with Crippen LogP contribution in [0, 0.1) is 5.92 Å². The zero-order chi connectivity index (χ0) is 39.5. The number of phenolic OH excluding ortho intramolecular Hbond substituents is 1. The number of carboxylic acids is 1. The number of hydrogen-bond acceptors (Lipinski definition) is 12. The van der Waals surface area contributed by atoms with Crippen LogP contribution in [-0.4, -0.2) is 125 Å². The molecule has 1 aromatic carbocycles. The number of aliphatic carboxylic acids is 1. The van der Waals surface area contributed by atoms with Crippen LogP contribution in [0.5, 0.6) is 5.75 Å². The van der Waals surface area contributed by atoms with Gasteiger partial charge in [0.25, 0.3) is 0 Å². The number of aliphatic hydroxyl groups excluding tert-OH is 1. The quantitative estimate of drug-likeness (QED) is 0.0503. The average molecular weight is 737 g/mol. The maximum absolute atomic E-state index is 13.3. The first-order chi connectivity index (χ1) is 24.3. The Hall–Kier alpha value is -5.63. The van der Waals surface area contributed by atoms with E-state index in [1.165, 1.54) is 38.1 Å². The van der Waals surface area contributed by atoms with Crippen molar-refractivity contribution in [3.8, 4) is 5.75 Å². The summed E-state index contributed by atoms with van der Waals surface area (Å²) in [7, 11) is 0. The highest BCUT2D eigenvalue weighted by Crippen LogP contribution is 2.12. The molecule has 1 aromatic rings. The molecule has 0 aliphatic heterocycles. The van der Waals surface area contributed by atoms with E-state index in [1.54, 1.807) is 13.8 Å². The summed E-state index contributed by atoms with van der Waals surface area (Å²) in [5.41, 5.74) is 5.92. The minimum atomic E-state index is -1.57. The molecule has 288 valence electrons. The number of amides is 7. The van der Waals surface area contributed by atoms with Gasteiger partial charge in [-0.2, -0.15) is 0 Å². The standard InChI is InChI=1S/C32H48N8O12/c1-16(2)9-22(30(50)35-12-24(44)37-20(15-41)11-27(47)48)38-25(45)13-36-31(51)23(10-19-5-7-21(43)8-6-19)39-32(52)28(18(4)42)40-26(46)14-34-29(49)17(3)33/h5-8,15-18,20,22-23,28,42-43H,9-14,33H2,1-4H3,(H,34,49)(H,35,50)(H,36,51)(H,37,44)(H,38,45)(H,39,52)(H,40,46)(H,47,48)/t17-,18+,20-,22-,23-,28-/m0/s1. The molecular formula is C32H48N8O12. The summed E-state index contributed by atoms with van der Waals surface area (Å²) < 4.78 is 0. The van der Waals surface area contributed by atoms with E-state index in [1.807, 2.05) is 0 Å². The zero-order valence-corrected chi connectivity index (χ0v) is 29.3. The van der Waals surface area contributed by atoms with Crippen molar-refractivity contribution in [2.45, 2.75) is 83.3 Å². The van der Waals surface area contributed by atoms with Crippen LogP contribution in [0.4, 0.5) is 0 Å². The number of carbonyl (C=O) groups excluding carboxylic acids is 8. The summed E-state index contributed by atoms with van der Waals surface area (Å²) in [5, 5.41) is 44.9. The van der Waals surface area contributed by atoms with E-state index in [4.69, 9.17) is 10.8 Å². The van der Waals surface area contributed by atoms with Gasteiger partial charge in [-0.15, -0.1) is 0 Å². The van der Waals surface area contributed by atoms with Crippen molar-refractivity contribution in [3.63, 3.8) is 0 Å². The minimum absolute atomic E-state index is 0.0672. The van der Waals surface area contributed by atoms with Gasteiger partial charge in [-0.25, -0.2) is 0 Å². The highest BCUT2D eigenvalue weighted by atomic mass is 16.4. The maximum atomic E-state index is 13.3. The third-order valence-electron chi connectivity index (χ3n) is 7.04. The molecule has 0 heterocycles. The SMILES string of the molecule is CC(C)C[C@H](NC(=O)CNC(=O)[C@H](Cc1ccc(O)cc1)NC(=O)[C@@H](NC(=O)CNC(=O)[C@H](C)N)[C@@H](C)O)C(=O)NCC(=O)N[C@H](C=O)CC(=O)O. The summed E-state index contributed by atoms with van der Waals surface area (Å²) >= 11 is 0. The lowest BCUT2D eigenvalue weighted by Crippen LogP contribution is -2.59. The Balaban J connectivity index is 2.99. The van der Waals surface area contributed by atoms with Crippen LogP contribution in [-0.2, 0) is 49.6 Å². The van der Waals surface area contributed by atoms with Crippen molar-refractivity contribution in [3.05, 3.63) is 29.8 Å². The summed E-state index contributed by atoms with van der Waals surface area (Å²) in [5.74, 6) is -7.28. The molecule has 0 bridgehead atoms. The number of aldehydes is 1. The lowest BCUT2D eigenvalue weighted by atomic mass is 10.0. The van der Waals surface area contributed by atoms with Crippen molar-refractivity contribution >= 4 is 53.6 Å². The van der Waals surface area contributed by atoms with E-state index in [-0.39, 0.29) is 30.8 Å². The molecular weight excluding hydrogens is 688 g/mol. The van der Waals surface area contributed by atoms with Crippen molar-refractivity contribution in [1.82, 2.24) is 37.2 Å². The third-order valence-corrected chi connectivity index (χ3v) is 7.04. The first kappa shape index (κ1) is 44.4. The van der Waals surface area contributed by atoms with E-state index in [0.717, 1.165) is 0 Å². The molecule has 0 aliphatic carbocycles. The molecule has 7 amide bonds. The highest BCUT2D eigenvalue weighted by Gasteiger charge is 2.31. The van der Waals surface area contributed by atoms with Crippen molar-refractivity contribution in [2.75, 3.05) is 19.6 Å². The lowest BCUT2D eigenvalue weighted by Gasteiger charge is -2.25. The van der Waals surface area contributed by atoms with Gasteiger partial charge in [0.2, 0.25) is 41.4 Å². The fourth-order valence-electron chi connectivity index (χ4n) is 4.41. The Morgan fingerprint density at radius 3 is 1.69 bits per heavy atom. The number of hydrogen-bond donors (Lipinski definition) is 11. The van der Waals surface area contributed by atoms with Gasteiger partial charge < -0.3 is 63.1 Å². The molecule has 20 nitrogen and oxygen atoms in total. The number of nitrogens with two attached hydrogens (primary N) is 1. The van der Waals surface area contributed by atoms with Gasteiger partial charge in [0, 0.05) is 6.42 Å². The highest BCUT2D eigenvalue weighted by molar-refractivity contribution is 5.96. The molecule has 0 unspecified atom stereocenters. The molecule has 6 atom stereocenters. The van der Waals surface area contributed by atoms with E-state index in [2.05, 4.69) is 37.2 Å². The van der Waals surface area contributed by atoms with E-state index in [0.29, 0.717) is 5.56 Å². The van der Waals surface area contributed by atoms with Gasteiger partial charge in [-0.1, -0.05) is 26.0 Å². The van der Waals surface area contributed by atoms with Crippen LogP contribution < -0.4 is 43.0 Å². The van der Waals surface area contributed by atoms with Gasteiger partial charge in [0.05, 0.1) is 44.2 Å². The van der Waals surface area contributed by atoms with Gasteiger partial charge >= 0.3 is 5.97 Å². The molecule has 1 rings (SSSR count). The number of carboxylic acid groups (broad SMARTS) is 1. The Bertz CT molecular complexity index is 1430. The van der Waals surface area contributed by atoms with Crippen LogP contribution in [0.15, 0.2) is 24.3 Å². The number of carbonyl (C=O) groups is 9. The molecule has 0 aromatic heterocycles. The Kier molecular flexibility index (Phi) is 19.0. The number of aliphatic hydroxyl groups is 1. The minimum Gasteiger partial charge on any atom is -0.508 e. The molecule has 0 radical (unpaired) electrons.